The van der Waals surface area contributed by atoms with Crippen LogP contribution in [0.1, 0.15) is 58.2 Å². The predicted octanol–water partition coefficient (Wildman–Crippen LogP) is 11.3. The van der Waals surface area contributed by atoms with Crippen LogP contribution in [0.3, 0.4) is 0 Å². The van der Waals surface area contributed by atoms with Crippen LogP contribution in [0, 0.1) is 13.0 Å². The number of hydrogen-bond donors (Lipinski definition) is 0. The van der Waals surface area contributed by atoms with Gasteiger partial charge in [0.05, 0.1) is 22.0 Å². The Hall–Kier alpha value is -3.99. The quantitative estimate of drug-likeness (QED) is 0.166. The summed E-state index contributed by atoms with van der Waals surface area (Å²) in [6.07, 6.45) is 1.89. The van der Waals surface area contributed by atoms with Crippen molar-refractivity contribution >= 4 is 66.5 Å². The van der Waals surface area contributed by atoms with Crippen LogP contribution in [0.5, 0.6) is 0 Å². The molecule has 0 aliphatic rings. The molecule has 5 heterocycles. The topological polar surface area (TPSA) is 65.0 Å². The third-order valence-corrected chi connectivity index (χ3v) is 9.54. The number of pyridine rings is 3. The second kappa shape index (κ2) is 11.3. The van der Waals surface area contributed by atoms with Crippen molar-refractivity contribution in [1.29, 1.82) is 0 Å². The van der Waals surface area contributed by atoms with Gasteiger partial charge in [-0.2, -0.15) is 0 Å². The number of hydrogen-bond acceptors (Lipinski definition) is 6. The van der Waals surface area contributed by atoms with Crippen LogP contribution in [0.15, 0.2) is 97.9 Å². The van der Waals surface area contributed by atoms with Crippen molar-refractivity contribution in [2.24, 2.45) is 0 Å². The van der Waals surface area contributed by atoms with Gasteiger partial charge in [0.15, 0.2) is 0 Å². The summed E-state index contributed by atoms with van der Waals surface area (Å²) in [7, 11) is 0. The zero-order valence-electron chi connectivity index (χ0n) is 27.4. The summed E-state index contributed by atoms with van der Waals surface area (Å²) in [5.74, 6) is 0. The Morgan fingerprint density at radius 2 is 1.36 bits per heavy atom. The molecule has 0 fully saturated rings. The molecule has 5 aromatic heterocycles. The molecule has 0 aliphatic carbocycles. The number of rotatable bonds is 3. The molecule has 0 atom stereocenters. The Morgan fingerprint density at radius 1 is 0.681 bits per heavy atom. The smallest absolute Gasteiger partial charge is 0.130 e. The van der Waals surface area contributed by atoms with Crippen molar-refractivity contribution in [1.82, 2.24) is 15.0 Å². The number of aromatic nitrogens is 3. The Balaban J connectivity index is 0.00000351. The fourth-order valence-electron chi connectivity index (χ4n) is 6.15. The number of benzene rings is 3. The summed E-state index contributed by atoms with van der Waals surface area (Å²) in [6, 6.07) is 28.6. The summed E-state index contributed by atoms with van der Waals surface area (Å²) in [5, 5.41) is 6.53. The molecule has 0 saturated heterocycles. The van der Waals surface area contributed by atoms with Crippen molar-refractivity contribution in [3.05, 3.63) is 102 Å². The standard InChI is InChI=1S/C40H34N3O2S.Pt/c1-22-17-32(46-33-21-25(40(5,6)7)20-29(42-33)28-19-24(15-16-41-28)39(2,3)4)43-36-27-18-23-11-8-9-12-26(23)38-34(27)35-30(44-37(22)36)13-10-14-31(35)45-38;/h8-17,19-21H,1-7H3;/q-1;. The van der Waals surface area contributed by atoms with E-state index in [1.54, 1.807) is 11.8 Å². The van der Waals surface area contributed by atoms with E-state index in [0.717, 1.165) is 81.8 Å². The molecule has 7 heteroatoms. The van der Waals surface area contributed by atoms with Gasteiger partial charge in [0.1, 0.15) is 21.8 Å². The van der Waals surface area contributed by atoms with E-state index in [0.29, 0.717) is 0 Å². The minimum Gasteiger partial charge on any atom is -0.472 e. The molecule has 238 valence electrons. The number of nitrogens with zero attached hydrogens (tertiary/aromatic N) is 3. The number of furan rings is 1. The van der Waals surface area contributed by atoms with E-state index in [4.69, 9.17) is 23.8 Å². The van der Waals surface area contributed by atoms with E-state index in [9.17, 15) is 0 Å². The fourth-order valence-corrected chi connectivity index (χ4v) is 7.07. The summed E-state index contributed by atoms with van der Waals surface area (Å²) in [6.45, 7) is 15.4. The molecule has 0 aliphatic heterocycles. The molecule has 0 spiro atoms. The average molecular weight is 816 g/mol. The molecule has 0 radical (unpaired) electrons. The van der Waals surface area contributed by atoms with E-state index in [2.05, 4.69) is 97.0 Å². The molecule has 5 nitrogen and oxygen atoms in total. The maximum absolute atomic E-state index is 6.65. The Bertz CT molecular complexity index is 2500. The fraction of sp³-hybridized carbons (Fsp3) is 0.225. The maximum atomic E-state index is 6.65. The van der Waals surface area contributed by atoms with Gasteiger partial charge < -0.3 is 8.83 Å². The van der Waals surface area contributed by atoms with E-state index < -0.39 is 0 Å². The summed E-state index contributed by atoms with van der Waals surface area (Å²) < 4.78 is 13.1. The normalized spacial score (nSPS) is 12.5. The Labute approximate surface area is 292 Å². The van der Waals surface area contributed by atoms with Crippen LogP contribution in [0.25, 0.3) is 66.2 Å². The van der Waals surface area contributed by atoms with Crippen LogP contribution in [0.2, 0.25) is 0 Å². The van der Waals surface area contributed by atoms with Gasteiger partial charge in [-0.1, -0.05) is 83.0 Å². The molecule has 0 amide bonds. The Morgan fingerprint density at radius 3 is 2.11 bits per heavy atom. The number of fused-ring (bicyclic) bond motifs is 4. The van der Waals surface area contributed by atoms with Crippen LogP contribution in [0.4, 0.5) is 0 Å². The van der Waals surface area contributed by atoms with Gasteiger partial charge in [0.25, 0.3) is 0 Å². The first kappa shape index (κ1) is 31.6. The first-order valence-corrected chi connectivity index (χ1v) is 16.4. The first-order chi connectivity index (χ1) is 21.9. The van der Waals surface area contributed by atoms with Gasteiger partial charge in [-0.25, -0.2) is 4.98 Å². The van der Waals surface area contributed by atoms with Crippen molar-refractivity contribution in [3.8, 4) is 11.4 Å². The van der Waals surface area contributed by atoms with E-state index >= 15 is 0 Å². The molecule has 0 bridgehead atoms. The Kier molecular flexibility index (Phi) is 7.61. The molecule has 3 aromatic carbocycles. The van der Waals surface area contributed by atoms with Gasteiger partial charge in [-0.3, -0.25) is 9.97 Å². The SMILES string of the molecule is Cc1cc(Sc2cc(C(C)(C)C)cc(-c3cc(C(C)(C)C)ccn3)n2)nc2c1oc1cccc3oc4c5ccccc5[c-]c2c4c13.[Pt]. The molecule has 8 aromatic rings. The number of aryl methyl sites for hydroxylation is 1. The minimum absolute atomic E-state index is 0. The molecule has 47 heavy (non-hydrogen) atoms. The molecule has 0 saturated carbocycles. The van der Waals surface area contributed by atoms with Crippen molar-refractivity contribution in [2.45, 2.75) is 69.3 Å². The van der Waals surface area contributed by atoms with Crippen molar-refractivity contribution in [2.75, 3.05) is 0 Å². The largest absolute Gasteiger partial charge is 0.472 e. The van der Waals surface area contributed by atoms with Crippen LogP contribution >= 0.6 is 11.8 Å². The molecule has 0 N–H and O–H groups in total. The molecule has 0 unspecified atom stereocenters. The monoisotopic (exact) mass is 815 g/mol. The first-order valence-electron chi connectivity index (χ1n) is 15.6. The zero-order chi connectivity index (χ0) is 32.0. The van der Waals surface area contributed by atoms with Crippen LogP contribution in [-0.2, 0) is 31.9 Å². The minimum atomic E-state index is -0.0797. The van der Waals surface area contributed by atoms with E-state index in [1.165, 1.54) is 11.1 Å². The predicted molar refractivity (Wildman–Crippen MR) is 189 cm³/mol. The van der Waals surface area contributed by atoms with Gasteiger partial charge in [-0.05, 0) is 87.7 Å². The van der Waals surface area contributed by atoms with Gasteiger partial charge in [0, 0.05) is 38.2 Å². The second-order valence-corrected chi connectivity index (χ2v) is 15.2. The third kappa shape index (κ3) is 5.46. The van der Waals surface area contributed by atoms with E-state index in [-0.39, 0.29) is 31.9 Å². The van der Waals surface area contributed by atoms with Crippen LogP contribution in [-0.4, -0.2) is 15.0 Å². The van der Waals surface area contributed by atoms with Crippen molar-refractivity contribution < 1.29 is 29.9 Å². The second-order valence-electron chi connectivity index (χ2n) is 14.1. The molecular formula is C40H34N3O2PtS-. The summed E-state index contributed by atoms with van der Waals surface area (Å²) in [4.78, 5) is 15.1. The maximum Gasteiger partial charge on any atom is 0.130 e. The third-order valence-electron chi connectivity index (χ3n) is 8.71. The summed E-state index contributed by atoms with van der Waals surface area (Å²) >= 11 is 1.56. The average Bonchev–Trinajstić information content (AvgIpc) is 3.35. The zero-order valence-corrected chi connectivity index (χ0v) is 30.5. The van der Waals surface area contributed by atoms with Crippen molar-refractivity contribution in [3.63, 3.8) is 0 Å². The molecule has 8 rings (SSSR count). The van der Waals surface area contributed by atoms with Crippen LogP contribution < -0.4 is 0 Å². The van der Waals surface area contributed by atoms with Gasteiger partial charge in [-0.15, -0.1) is 17.5 Å². The summed E-state index contributed by atoms with van der Waals surface area (Å²) in [5.41, 5.74) is 8.94. The van der Waals surface area contributed by atoms with Gasteiger partial charge in [0.2, 0.25) is 0 Å². The molecular weight excluding hydrogens is 782 g/mol. The van der Waals surface area contributed by atoms with Gasteiger partial charge >= 0.3 is 0 Å². The van der Waals surface area contributed by atoms with E-state index in [1.807, 2.05) is 36.5 Å².